The molecule has 0 aliphatic heterocycles. The van der Waals surface area contributed by atoms with Crippen LogP contribution in [0.1, 0.15) is 24.2 Å². The van der Waals surface area contributed by atoms with Crippen molar-refractivity contribution in [1.82, 2.24) is 0 Å². The largest absolute Gasteiger partial charge is 0.387 e. The topological polar surface area (TPSA) is 46.2 Å². The summed E-state index contributed by atoms with van der Waals surface area (Å²) in [7, 11) is 0. The molecule has 0 amide bonds. The zero-order chi connectivity index (χ0) is 8.97. The van der Waals surface area contributed by atoms with Crippen LogP contribution in [0.25, 0.3) is 0 Å². The fraction of sp³-hybridized carbons (Fsp3) is 0.400. The highest BCUT2D eigenvalue weighted by Gasteiger charge is 2.02. The van der Waals surface area contributed by atoms with Crippen molar-refractivity contribution in [2.75, 3.05) is 6.54 Å². The predicted molar refractivity (Wildman–Crippen MR) is 49.8 cm³/mol. The quantitative estimate of drug-likeness (QED) is 0.708. The molecule has 1 atom stereocenters. The van der Waals surface area contributed by atoms with Crippen LogP contribution in [0.15, 0.2) is 24.3 Å². The number of hydrogen-bond acceptors (Lipinski definition) is 2. The number of aryl methyl sites for hydroxylation is 1. The Hall–Kier alpha value is -0.860. The van der Waals surface area contributed by atoms with Gasteiger partial charge in [0.15, 0.2) is 0 Å². The van der Waals surface area contributed by atoms with Crippen LogP contribution in [0, 0.1) is 0 Å². The summed E-state index contributed by atoms with van der Waals surface area (Å²) in [5, 5.41) is 9.37. The van der Waals surface area contributed by atoms with E-state index in [2.05, 4.69) is 6.92 Å². The van der Waals surface area contributed by atoms with Gasteiger partial charge in [0.1, 0.15) is 0 Å². The average molecular weight is 165 g/mol. The number of aliphatic hydroxyl groups is 1. The maximum absolute atomic E-state index is 9.37. The lowest BCUT2D eigenvalue weighted by atomic mass is 10.1. The Morgan fingerprint density at radius 1 is 1.33 bits per heavy atom. The molecule has 66 valence electrons. The Morgan fingerprint density at radius 2 is 1.92 bits per heavy atom. The van der Waals surface area contributed by atoms with Crippen LogP contribution in [0.3, 0.4) is 0 Å². The lowest BCUT2D eigenvalue weighted by Gasteiger charge is -2.07. The van der Waals surface area contributed by atoms with Crippen molar-refractivity contribution in [3.8, 4) is 0 Å². The van der Waals surface area contributed by atoms with E-state index in [0.29, 0.717) is 0 Å². The molecule has 0 unspecified atom stereocenters. The number of rotatable bonds is 3. The molecule has 2 nitrogen and oxygen atoms in total. The zero-order valence-corrected chi connectivity index (χ0v) is 7.33. The van der Waals surface area contributed by atoms with Gasteiger partial charge in [-0.3, -0.25) is 0 Å². The van der Waals surface area contributed by atoms with Crippen LogP contribution in [-0.4, -0.2) is 11.7 Å². The van der Waals surface area contributed by atoms with Crippen LogP contribution < -0.4 is 5.73 Å². The van der Waals surface area contributed by atoms with Gasteiger partial charge in [-0.2, -0.15) is 0 Å². The molecule has 0 saturated heterocycles. The molecule has 0 spiro atoms. The highest BCUT2D eigenvalue weighted by molar-refractivity contribution is 5.24. The fourth-order valence-electron chi connectivity index (χ4n) is 1.11. The van der Waals surface area contributed by atoms with Crippen molar-refractivity contribution in [2.24, 2.45) is 5.73 Å². The minimum Gasteiger partial charge on any atom is -0.387 e. The van der Waals surface area contributed by atoms with Gasteiger partial charge in [0.2, 0.25) is 0 Å². The second-order valence-corrected chi connectivity index (χ2v) is 2.85. The van der Waals surface area contributed by atoms with Crippen molar-refractivity contribution in [3.05, 3.63) is 35.4 Å². The Kier molecular flexibility index (Phi) is 3.26. The predicted octanol–water partition coefficient (Wildman–Crippen LogP) is 1.24. The molecule has 1 aromatic rings. The summed E-state index contributed by atoms with van der Waals surface area (Å²) in [5.74, 6) is 0. The van der Waals surface area contributed by atoms with Gasteiger partial charge in [-0.15, -0.1) is 0 Å². The second-order valence-electron chi connectivity index (χ2n) is 2.85. The number of nitrogens with two attached hydrogens (primary N) is 1. The Balaban J connectivity index is 2.77. The van der Waals surface area contributed by atoms with Crippen molar-refractivity contribution in [2.45, 2.75) is 19.4 Å². The van der Waals surface area contributed by atoms with Crippen molar-refractivity contribution < 1.29 is 5.11 Å². The Labute approximate surface area is 73.0 Å². The van der Waals surface area contributed by atoms with E-state index in [1.807, 2.05) is 24.3 Å². The minimum absolute atomic E-state index is 0.283. The molecular formula is C10H15NO. The molecule has 0 saturated carbocycles. The van der Waals surface area contributed by atoms with Gasteiger partial charge in [0.25, 0.3) is 0 Å². The van der Waals surface area contributed by atoms with E-state index in [0.717, 1.165) is 12.0 Å². The van der Waals surface area contributed by atoms with E-state index in [4.69, 9.17) is 5.73 Å². The standard InChI is InChI=1S/C10H15NO/c1-2-8-3-5-9(6-4-8)10(12)7-11/h3-6,10,12H,2,7,11H2,1H3/t10-/m0/s1. The fourth-order valence-corrected chi connectivity index (χ4v) is 1.11. The minimum atomic E-state index is -0.518. The molecule has 2 heteroatoms. The van der Waals surface area contributed by atoms with E-state index >= 15 is 0 Å². The first kappa shape index (κ1) is 9.23. The molecule has 0 fully saturated rings. The van der Waals surface area contributed by atoms with Gasteiger partial charge < -0.3 is 10.8 Å². The van der Waals surface area contributed by atoms with Crippen LogP contribution in [-0.2, 0) is 6.42 Å². The second kappa shape index (κ2) is 4.24. The molecular weight excluding hydrogens is 150 g/mol. The summed E-state index contributed by atoms with van der Waals surface area (Å²) in [5.41, 5.74) is 7.50. The summed E-state index contributed by atoms with van der Waals surface area (Å²) in [6.07, 6.45) is 0.509. The van der Waals surface area contributed by atoms with Crippen LogP contribution in [0.2, 0.25) is 0 Å². The van der Waals surface area contributed by atoms with Gasteiger partial charge in [-0.05, 0) is 17.5 Å². The van der Waals surface area contributed by atoms with Gasteiger partial charge in [-0.1, -0.05) is 31.2 Å². The lowest BCUT2D eigenvalue weighted by molar-refractivity contribution is 0.186. The van der Waals surface area contributed by atoms with E-state index in [9.17, 15) is 5.11 Å². The SMILES string of the molecule is CCc1ccc([C@@H](O)CN)cc1. The molecule has 3 N–H and O–H groups in total. The molecule has 1 aromatic carbocycles. The molecule has 0 radical (unpaired) electrons. The number of hydrogen-bond donors (Lipinski definition) is 2. The maximum Gasteiger partial charge on any atom is 0.0912 e. The number of benzene rings is 1. The first-order valence-corrected chi connectivity index (χ1v) is 4.25. The lowest BCUT2D eigenvalue weighted by Crippen LogP contribution is -2.11. The highest BCUT2D eigenvalue weighted by Crippen LogP contribution is 2.12. The first-order chi connectivity index (χ1) is 5.77. The average Bonchev–Trinajstić information content (AvgIpc) is 2.17. The third-order valence-electron chi connectivity index (χ3n) is 2.00. The van der Waals surface area contributed by atoms with E-state index < -0.39 is 6.10 Å². The number of aliphatic hydroxyl groups excluding tert-OH is 1. The van der Waals surface area contributed by atoms with E-state index in [1.54, 1.807) is 0 Å². The normalized spacial score (nSPS) is 12.9. The van der Waals surface area contributed by atoms with Crippen molar-refractivity contribution in [1.29, 1.82) is 0 Å². The molecule has 12 heavy (non-hydrogen) atoms. The van der Waals surface area contributed by atoms with Gasteiger partial charge in [-0.25, -0.2) is 0 Å². The summed E-state index contributed by atoms with van der Waals surface area (Å²) in [4.78, 5) is 0. The summed E-state index contributed by atoms with van der Waals surface area (Å²) < 4.78 is 0. The molecule has 0 aromatic heterocycles. The molecule has 1 rings (SSSR count). The van der Waals surface area contributed by atoms with Crippen LogP contribution >= 0.6 is 0 Å². The van der Waals surface area contributed by atoms with Gasteiger partial charge in [0.05, 0.1) is 6.10 Å². The van der Waals surface area contributed by atoms with Crippen molar-refractivity contribution in [3.63, 3.8) is 0 Å². The third-order valence-corrected chi connectivity index (χ3v) is 2.00. The Morgan fingerprint density at radius 3 is 2.33 bits per heavy atom. The first-order valence-electron chi connectivity index (χ1n) is 4.25. The van der Waals surface area contributed by atoms with Gasteiger partial charge in [0, 0.05) is 6.54 Å². The summed E-state index contributed by atoms with van der Waals surface area (Å²) in [6, 6.07) is 7.90. The zero-order valence-electron chi connectivity index (χ0n) is 7.33. The molecule has 0 bridgehead atoms. The van der Waals surface area contributed by atoms with Crippen LogP contribution in [0.4, 0.5) is 0 Å². The maximum atomic E-state index is 9.37. The summed E-state index contributed by atoms with van der Waals surface area (Å²) in [6.45, 7) is 2.39. The van der Waals surface area contributed by atoms with Gasteiger partial charge >= 0.3 is 0 Å². The monoisotopic (exact) mass is 165 g/mol. The smallest absolute Gasteiger partial charge is 0.0912 e. The Bertz CT molecular complexity index is 230. The van der Waals surface area contributed by atoms with Crippen LogP contribution in [0.5, 0.6) is 0 Å². The molecule has 0 heterocycles. The van der Waals surface area contributed by atoms with Crippen molar-refractivity contribution >= 4 is 0 Å². The summed E-state index contributed by atoms with van der Waals surface area (Å²) >= 11 is 0. The highest BCUT2D eigenvalue weighted by atomic mass is 16.3. The van der Waals surface area contributed by atoms with E-state index in [1.165, 1.54) is 5.56 Å². The van der Waals surface area contributed by atoms with E-state index in [-0.39, 0.29) is 6.54 Å². The third kappa shape index (κ3) is 2.06. The molecule has 0 aliphatic rings. The molecule has 0 aliphatic carbocycles.